The van der Waals surface area contributed by atoms with Gasteiger partial charge >= 0.3 is 0 Å². The topological polar surface area (TPSA) is 57.7 Å². The van der Waals surface area contributed by atoms with Crippen LogP contribution in [0, 0.1) is 0 Å². The molecule has 2 aromatic rings. The van der Waals surface area contributed by atoms with Crippen molar-refractivity contribution >= 4 is 15.9 Å². The van der Waals surface area contributed by atoms with Gasteiger partial charge in [-0.1, -0.05) is 48.9 Å². The van der Waals surface area contributed by atoms with Gasteiger partial charge in [-0.25, -0.2) is 8.42 Å². The summed E-state index contributed by atoms with van der Waals surface area (Å²) in [5, 5.41) is 0. The fraction of sp³-hybridized carbons (Fsp3) is 0.435. The number of sulfonamides is 1. The van der Waals surface area contributed by atoms with E-state index in [-0.39, 0.29) is 18.4 Å². The highest BCUT2D eigenvalue weighted by atomic mass is 32.2. The minimum absolute atomic E-state index is 0.0375. The number of carbonyl (C=O) groups is 1. The minimum atomic E-state index is -3.44. The summed E-state index contributed by atoms with van der Waals surface area (Å²) in [7, 11) is -3.44. The van der Waals surface area contributed by atoms with Crippen molar-refractivity contribution in [1.82, 2.24) is 9.21 Å². The number of hydrogen-bond acceptors (Lipinski definition) is 3. The summed E-state index contributed by atoms with van der Waals surface area (Å²) in [5.74, 6) is 0.0375. The number of benzene rings is 2. The Labute approximate surface area is 174 Å². The predicted octanol–water partition coefficient (Wildman–Crippen LogP) is 3.84. The van der Waals surface area contributed by atoms with E-state index in [2.05, 4.69) is 0 Å². The van der Waals surface area contributed by atoms with Crippen molar-refractivity contribution in [2.45, 2.75) is 57.0 Å². The number of carbonyl (C=O) groups excluding carboxylic acids is 1. The van der Waals surface area contributed by atoms with Crippen LogP contribution in [0.5, 0.6) is 0 Å². The monoisotopic (exact) mass is 414 g/mol. The number of amides is 1. The molecule has 0 saturated carbocycles. The maximum absolute atomic E-state index is 12.9. The van der Waals surface area contributed by atoms with Crippen LogP contribution in [0.25, 0.3) is 0 Å². The quantitative estimate of drug-likeness (QED) is 0.692. The molecule has 1 saturated heterocycles. The van der Waals surface area contributed by atoms with Gasteiger partial charge in [0.05, 0.1) is 11.3 Å². The number of hydrogen-bond donors (Lipinski definition) is 0. The first-order valence-corrected chi connectivity index (χ1v) is 11.7. The van der Waals surface area contributed by atoms with Gasteiger partial charge in [-0.05, 0) is 49.9 Å². The van der Waals surface area contributed by atoms with E-state index in [1.54, 1.807) is 28.6 Å². The Bertz CT molecular complexity index is 903. The Hall–Kier alpha value is -2.18. The fourth-order valence-electron chi connectivity index (χ4n) is 3.65. The Morgan fingerprint density at radius 1 is 0.931 bits per heavy atom. The van der Waals surface area contributed by atoms with Crippen LogP contribution in [-0.4, -0.2) is 42.7 Å². The highest BCUT2D eigenvalue weighted by Gasteiger charge is 2.26. The molecule has 29 heavy (non-hydrogen) atoms. The van der Waals surface area contributed by atoms with Gasteiger partial charge in [0.1, 0.15) is 0 Å². The molecule has 1 aliphatic rings. The van der Waals surface area contributed by atoms with E-state index < -0.39 is 10.0 Å². The van der Waals surface area contributed by atoms with Gasteiger partial charge in [-0.3, -0.25) is 4.79 Å². The second-order valence-corrected chi connectivity index (χ2v) is 9.82. The summed E-state index contributed by atoms with van der Waals surface area (Å²) in [4.78, 5) is 15.0. The smallest absolute Gasteiger partial charge is 0.243 e. The van der Waals surface area contributed by atoms with Gasteiger partial charge in [-0.2, -0.15) is 4.31 Å². The van der Waals surface area contributed by atoms with Crippen LogP contribution >= 0.6 is 0 Å². The largest absolute Gasteiger partial charge is 0.336 e. The second-order valence-electron chi connectivity index (χ2n) is 7.89. The van der Waals surface area contributed by atoms with E-state index in [1.165, 1.54) is 0 Å². The van der Waals surface area contributed by atoms with Gasteiger partial charge in [0.2, 0.25) is 15.9 Å². The third-order valence-corrected chi connectivity index (χ3v) is 7.28. The van der Waals surface area contributed by atoms with E-state index in [4.69, 9.17) is 0 Å². The third-order valence-electron chi connectivity index (χ3n) is 5.37. The third kappa shape index (κ3) is 5.46. The average molecular weight is 415 g/mol. The fourth-order valence-corrected chi connectivity index (χ4v) is 5.17. The van der Waals surface area contributed by atoms with Gasteiger partial charge in [0, 0.05) is 25.7 Å². The summed E-state index contributed by atoms with van der Waals surface area (Å²) in [6.45, 7) is 5.76. The number of nitrogens with zero attached hydrogens (tertiary/aromatic N) is 2. The summed E-state index contributed by atoms with van der Waals surface area (Å²) < 4.78 is 27.1. The molecule has 0 N–H and O–H groups in total. The summed E-state index contributed by atoms with van der Waals surface area (Å²) in [6.07, 6.45) is 3.17. The van der Waals surface area contributed by atoms with Crippen molar-refractivity contribution in [3.63, 3.8) is 0 Å². The molecule has 0 unspecified atom stereocenters. The van der Waals surface area contributed by atoms with Crippen LogP contribution in [0.4, 0.5) is 0 Å². The molecule has 5 nitrogen and oxygen atoms in total. The lowest BCUT2D eigenvalue weighted by Crippen LogP contribution is -2.37. The van der Waals surface area contributed by atoms with Crippen molar-refractivity contribution in [3.05, 3.63) is 65.7 Å². The van der Waals surface area contributed by atoms with Gasteiger partial charge in [-0.15, -0.1) is 0 Å². The van der Waals surface area contributed by atoms with Gasteiger partial charge in [0.25, 0.3) is 0 Å². The normalized spacial score (nSPS) is 15.4. The SMILES string of the molecule is CC(C)N(Cc1ccccc1)C(=O)Cc1ccc(S(=O)(=O)N2CCCCC2)cc1. The zero-order valence-electron chi connectivity index (χ0n) is 17.3. The van der Waals surface area contributed by atoms with Crippen LogP contribution in [0.3, 0.4) is 0 Å². The van der Waals surface area contributed by atoms with Crippen LogP contribution < -0.4 is 0 Å². The Kier molecular flexibility index (Phi) is 7.09. The van der Waals surface area contributed by atoms with Crippen molar-refractivity contribution < 1.29 is 13.2 Å². The van der Waals surface area contributed by atoms with Gasteiger partial charge in [0.15, 0.2) is 0 Å². The molecule has 6 heteroatoms. The Morgan fingerprint density at radius 3 is 2.14 bits per heavy atom. The molecular weight excluding hydrogens is 384 g/mol. The average Bonchev–Trinajstić information content (AvgIpc) is 2.73. The van der Waals surface area contributed by atoms with Crippen LogP contribution in [0.15, 0.2) is 59.5 Å². The molecule has 0 spiro atoms. The highest BCUT2D eigenvalue weighted by molar-refractivity contribution is 7.89. The van der Waals surface area contributed by atoms with Crippen molar-refractivity contribution in [3.8, 4) is 0 Å². The molecule has 3 rings (SSSR count). The number of rotatable bonds is 7. The van der Waals surface area contributed by atoms with Crippen LogP contribution in [-0.2, 0) is 27.8 Å². The predicted molar refractivity (Wildman–Crippen MR) is 115 cm³/mol. The maximum Gasteiger partial charge on any atom is 0.243 e. The van der Waals surface area contributed by atoms with E-state index in [0.717, 1.165) is 30.4 Å². The Balaban J connectivity index is 1.68. The van der Waals surface area contributed by atoms with E-state index >= 15 is 0 Å². The van der Waals surface area contributed by atoms with E-state index in [9.17, 15) is 13.2 Å². The highest BCUT2D eigenvalue weighted by Crippen LogP contribution is 2.21. The zero-order valence-corrected chi connectivity index (χ0v) is 18.1. The van der Waals surface area contributed by atoms with Crippen LogP contribution in [0.2, 0.25) is 0 Å². The molecule has 0 aliphatic carbocycles. The molecule has 0 atom stereocenters. The van der Waals surface area contributed by atoms with E-state index in [0.29, 0.717) is 24.5 Å². The molecule has 2 aromatic carbocycles. The second kappa shape index (κ2) is 9.55. The molecule has 1 amide bonds. The minimum Gasteiger partial charge on any atom is -0.336 e. The summed E-state index contributed by atoms with van der Waals surface area (Å²) >= 11 is 0. The Morgan fingerprint density at radius 2 is 1.55 bits per heavy atom. The molecule has 1 aliphatic heterocycles. The molecule has 1 heterocycles. The first kappa shape index (κ1) is 21.5. The lowest BCUT2D eigenvalue weighted by atomic mass is 10.1. The van der Waals surface area contributed by atoms with Crippen molar-refractivity contribution in [1.29, 1.82) is 0 Å². The summed E-state index contributed by atoms with van der Waals surface area (Å²) in [6, 6.07) is 16.8. The lowest BCUT2D eigenvalue weighted by Gasteiger charge is -2.27. The lowest BCUT2D eigenvalue weighted by molar-refractivity contribution is -0.132. The molecule has 1 fully saturated rings. The van der Waals surface area contributed by atoms with Crippen molar-refractivity contribution in [2.75, 3.05) is 13.1 Å². The summed E-state index contributed by atoms with van der Waals surface area (Å²) in [5.41, 5.74) is 1.92. The molecule has 0 radical (unpaired) electrons. The number of piperidine rings is 1. The first-order valence-electron chi connectivity index (χ1n) is 10.3. The van der Waals surface area contributed by atoms with Gasteiger partial charge < -0.3 is 4.90 Å². The maximum atomic E-state index is 12.9. The first-order chi connectivity index (χ1) is 13.9. The molecular formula is C23H30N2O3S. The van der Waals surface area contributed by atoms with E-state index in [1.807, 2.05) is 49.1 Å². The van der Waals surface area contributed by atoms with Crippen molar-refractivity contribution in [2.24, 2.45) is 0 Å². The molecule has 156 valence electrons. The molecule has 0 bridgehead atoms. The van der Waals surface area contributed by atoms with Crippen LogP contribution in [0.1, 0.15) is 44.2 Å². The molecule has 0 aromatic heterocycles. The standard InChI is InChI=1S/C23H30N2O3S/c1-19(2)25(18-21-9-5-3-6-10-21)23(26)17-20-11-13-22(14-12-20)29(27,28)24-15-7-4-8-16-24/h3,5-6,9-14,19H,4,7-8,15-18H2,1-2H3. The zero-order chi connectivity index (χ0) is 20.9.